The van der Waals surface area contributed by atoms with Gasteiger partial charge in [-0.1, -0.05) is 25.0 Å². The van der Waals surface area contributed by atoms with Crippen molar-refractivity contribution in [2.75, 3.05) is 0 Å². The lowest BCUT2D eigenvalue weighted by Gasteiger charge is -2.22. The van der Waals surface area contributed by atoms with Crippen LogP contribution in [0.1, 0.15) is 45.4 Å². The molecule has 0 aliphatic heterocycles. The zero-order chi connectivity index (χ0) is 12.5. The molecule has 0 amide bonds. The van der Waals surface area contributed by atoms with E-state index in [0.29, 0.717) is 17.9 Å². The van der Waals surface area contributed by atoms with Crippen LogP contribution in [0.3, 0.4) is 0 Å². The first-order chi connectivity index (χ1) is 8.72. The summed E-state index contributed by atoms with van der Waals surface area (Å²) in [6, 6.07) is 0. The second kappa shape index (κ2) is 5.04. The van der Waals surface area contributed by atoms with Gasteiger partial charge in [0.05, 0.1) is 12.0 Å². The highest BCUT2D eigenvalue weighted by molar-refractivity contribution is 5.74. The molecule has 0 heterocycles. The van der Waals surface area contributed by atoms with Crippen molar-refractivity contribution in [3.8, 4) is 0 Å². The molecule has 18 heavy (non-hydrogen) atoms. The molecular formula is C15H22O3. The monoisotopic (exact) mass is 250 g/mol. The third-order valence-electron chi connectivity index (χ3n) is 4.55. The molecule has 0 aromatic rings. The summed E-state index contributed by atoms with van der Waals surface area (Å²) in [5.74, 6) is 1.05. The van der Waals surface area contributed by atoms with Crippen LogP contribution in [0.25, 0.3) is 0 Å². The van der Waals surface area contributed by atoms with E-state index in [-0.39, 0.29) is 18.2 Å². The maximum atomic E-state index is 12.1. The molecule has 0 spiro atoms. The van der Waals surface area contributed by atoms with Crippen molar-refractivity contribution in [3.05, 3.63) is 12.2 Å². The summed E-state index contributed by atoms with van der Waals surface area (Å²) >= 11 is 0. The fourth-order valence-electron chi connectivity index (χ4n) is 3.63. The first-order valence-electron chi connectivity index (χ1n) is 7.26. The summed E-state index contributed by atoms with van der Waals surface area (Å²) in [5.41, 5.74) is 0. The van der Waals surface area contributed by atoms with Gasteiger partial charge in [0.25, 0.3) is 0 Å². The number of rotatable bonds is 4. The summed E-state index contributed by atoms with van der Waals surface area (Å²) in [6.07, 6.45) is 11.1. The predicted octanol–water partition coefficient (Wildman–Crippen LogP) is 3.05. The smallest absolute Gasteiger partial charge is 0.311 e. The second-order valence-corrected chi connectivity index (χ2v) is 5.93. The maximum absolute atomic E-state index is 12.1. The van der Waals surface area contributed by atoms with Crippen molar-refractivity contribution in [1.29, 1.82) is 0 Å². The van der Waals surface area contributed by atoms with Crippen LogP contribution in [-0.4, -0.2) is 18.4 Å². The highest BCUT2D eigenvalue weighted by Crippen LogP contribution is 2.44. The molecule has 0 aromatic carbocycles. The van der Waals surface area contributed by atoms with E-state index in [1.54, 1.807) is 0 Å². The van der Waals surface area contributed by atoms with E-state index in [1.807, 2.05) is 6.92 Å². The van der Waals surface area contributed by atoms with Gasteiger partial charge < -0.3 is 9.47 Å². The Hall–Kier alpha value is -0.830. The minimum atomic E-state index is -0.385. The molecule has 3 nitrogen and oxygen atoms in total. The molecule has 3 aliphatic carbocycles. The molecule has 0 N–H and O–H groups in total. The van der Waals surface area contributed by atoms with Crippen molar-refractivity contribution in [3.63, 3.8) is 0 Å². The third-order valence-corrected chi connectivity index (χ3v) is 4.55. The van der Waals surface area contributed by atoms with Crippen molar-refractivity contribution < 1.29 is 14.3 Å². The largest absolute Gasteiger partial charge is 0.436 e. The quantitative estimate of drug-likeness (QED) is 0.437. The number of esters is 1. The molecule has 0 saturated heterocycles. The van der Waals surface area contributed by atoms with Crippen molar-refractivity contribution in [2.45, 2.75) is 57.8 Å². The van der Waals surface area contributed by atoms with Crippen molar-refractivity contribution in [2.24, 2.45) is 17.8 Å². The lowest BCUT2D eigenvalue weighted by Crippen LogP contribution is -2.28. The van der Waals surface area contributed by atoms with Crippen LogP contribution in [0.2, 0.25) is 0 Å². The minimum absolute atomic E-state index is 0.0580. The van der Waals surface area contributed by atoms with Crippen molar-refractivity contribution in [1.82, 2.24) is 0 Å². The Balaban J connectivity index is 1.47. The van der Waals surface area contributed by atoms with Crippen LogP contribution in [0.4, 0.5) is 0 Å². The summed E-state index contributed by atoms with van der Waals surface area (Å²) in [5, 5.41) is 0. The fraction of sp³-hybridized carbons (Fsp3) is 0.800. The zero-order valence-corrected chi connectivity index (χ0v) is 11.0. The molecule has 2 bridgehead atoms. The van der Waals surface area contributed by atoms with E-state index in [2.05, 4.69) is 12.2 Å². The molecule has 4 atom stereocenters. The van der Waals surface area contributed by atoms with Gasteiger partial charge in [0.1, 0.15) is 0 Å². The Bertz CT molecular complexity index is 344. The summed E-state index contributed by atoms with van der Waals surface area (Å²) in [4.78, 5) is 12.1. The van der Waals surface area contributed by atoms with Crippen LogP contribution < -0.4 is 0 Å². The van der Waals surface area contributed by atoms with Gasteiger partial charge >= 0.3 is 5.97 Å². The molecule has 2 saturated carbocycles. The van der Waals surface area contributed by atoms with E-state index in [1.165, 1.54) is 12.8 Å². The standard InChI is InChI=1S/C15H22O3/c1-10(17-13-4-2-3-5-13)18-15(16)14-9-11-6-7-12(14)8-11/h6-7,10-14H,2-5,8-9H2,1H3. The van der Waals surface area contributed by atoms with Gasteiger partial charge in [-0.15, -0.1) is 0 Å². The highest BCUT2D eigenvalue weighted by atomic mass is 16.7. The zero-order valence-electron chi connectivity index (χ0n) is 11.0. The Morgan fingerprint density at radius 1 is 1.22 bits per heavy atom. The van der Waals surface area contributed by atoms with Gasteiger partial charge in [0.15, 0.2) is 6.29 Å². The topological polar surface area (TPSA) is 35.5 Å². The summed E-state index contributed by atoms with van der Waals surface area (Å²) in [6.45, 7) is 1.85. The molecule has 0 aromatic heterocycles. The SMILES string of the molecule is CC(OC(=O)C1CC2C=CC1C2)OC1CCCC1. The minimum Gasteiger partial charge on any atom is -0.436 e. The number of allylic oxidation sites excluding steroid dienone is 2. The molecule has 4 unspecified atom stereocenters. The average Bonchev–Trinajstić information content (AvgIpc) is 3.04. The molecule has 3 heteroatoms. The third kappa shape index (κ3) is 2.46. The van der Waals surface area contributed by atoms with Gasteiger partial charge in [-0.05, 0) is 44.4 Å². The summed E-state index contributed by atoms with van der Waals surface area (Å²) in [7, 11) is 0. The first-order valence-corrected chi connectivity index (χ1v) is 7.26. The van der Waals surface area contributed by atoms with Crippen LogP contribution in [-0.2, 0) is 14.3 Å². The molecule has 2 fully saturated rings. The number of carbonyl (C=O) groups excluding carboxylic acids is 1. The number of carbonyl (C=O) groups is 1. The van der Waals surface area contributed by atoms with E-state index in [0.717, 1.165) is 25.7 Å². The molecule has 0 radical (unpaired) electrons. The van der Waals surface area contributed by atoms with Crippen LogP contribution in [0.15, 0.2) is 12.2 Å². The van der Waals surface area contributed by atoms with Crippen molar-refractivity contribution >= 4 is 5.97 Å². The van der Waals surface area contributed by atoms with Gasteiger partial charge in [0, 0.05) is 0 Å². The lowest BCUT2D eigenvalue weighted by atomic mass is 9.94. The average molecular weight is 250 g/mol. The number of hydrogen-bond acceptors (Lipinski definition) is 3. The Kier molecular flexibility index (Phi) is 3.42. The second-order valence-electron chi connectivity index (χ2n) is 5.93. The first kappa shape index (κ1) is 12.2. The van der Waals surface area contributed by atoms with Crippen LogP contribution >= 0.6 is 0 Å². The van der Waals surface area contributed by atoms with Gasteiger partial charge in [-0.25, -0.2) is 0 Å². The number of hydrogen-bond donors (Lipinski definition) is 0. The molecule has 100 valence electrons. The van der Waals surface area contributed by atoms with Crippen LogP contribution in [0.5, 0.6) is 0 Å². The molecule has 3 rings (SSSR count). The number of ether oxygens (including phenoxy) is 2. The molecule has 3 aliphatic rings. The molecular weight excluding hydrogens is 228 g/mol. The van der Waals surface area contributed by atoms with Gasteiger partial charge in [-0.3, -0.25) is 4.79 Å². The predicted molar refractivity (Wildman–Crippen MR) is 67.7 cm³/mol. The Morgan fingerprint density at radius 2 is 2.00 bits per heavy atom. The maximum Gasteiger partial charge on any atom is 0.311 e. The Labute approximate surface area is 109 Å². The fourth-order valence-corrected chi connectivity index (χ4v) is 3.63. The highest BCUT2D eigenvalue weighted by Gasteiger charge is 2.41. The summed E-state index contributed by atoms with van der Waals surface area (Å²) < 4.78 is 11.2. The van der Waals surface area contributed by atoms with Gasteiger partial charge in [-0.2, -0.15) is 0 Å². The van der Waals surface area contributed by atoms with E-state index >= 15 is 0 Å². The van der Waals surface area contributed by atoms with E-state index < -0.39 is 0 Å². The normalized spacial score (nSPS) is 36.2. The van der Waals surface area contributed by atoms with E-state index in [4.69, 9.17) is 9.47 Å². The Morgan fingerprint density at radius 3 is 2.61 bits per heavy atom. The van der Waals surface area contributed by atoms with Crippen LogP contribution in [0, 0.1) is 17.8 Å². The number of fused-ring (bicyclic) bond motifs is 2. The van der Waals surface area contributed by atoms with E-state index in [9.17, 15) is 4.79 Å². The van der Waals surface area contributed by atoms with Gasteiger partial charge in [0.2, 0.25) is 0 Å². The lowest BCUT2D eigenvalue weighted by molar-refractivity contribution is -0.189.